The molecule has 64 heavy (non-hydrogen) atoms. The van der Waals surface area contributed by atoms with Gasteiger partial charge in [0.15, 0.2) is 0 Å². The van der Waals surface area contributed by atoms with Gasteiger partial charge in [-0.25, -0.2) is 22.0 Å². The topological polar surface area (TPSA) is 126 Å². The number of alkyl halides is 3. The van der Waals surface area contributed by atoms with E-state index in [9.17, 15) is 32.8 Å². The Bertz CT molecular complexity index is 2530. The first-order chi connectivity index (χ1) is 30.7. The number of nitrogens with zero attached hydrogens (tertiary/aromatic N) is 4. The highest BCUT2D eigenvalue weighted by Crippen LogP contribution is 2.45. The lowest BCUT2D eigenvalue weighted by molar-refractivity contribution is -0.140. The van der Waals surface area contributed by atoms with Crippen molar-refractivity contribution in [3.05, 3.63) is 105 Å². The molecule has 5 amide bonds. The van der Waals surface area contributed by atoms with Crippen molar-refractivity contribution in [2.75, 3.05) is 26.2 Å². The maximum absolute atomic E-state index is 16.4. The minimum Gasteiger partial charge on any atom is -0.357 e. The van der Waals surface area contributed by atoms with Gasteiger partial charge in [-0.1, -0.05) is 18.2 Å². The van der Waals surface area contributed by atoms with Crippen molar-refractivity contribution in [3.63, 3.8) is 0 Å². The maximum Gasteiger partial charge on any atom is 0.262 e. The molecule has 6 aliphatic rings. The van der Waals surface area contributed by atoms with Crippen LogP contribution in [0.5, 0.6) is 0 Å². The number of hydrogen-bond acceptors (Lipinski definition) is 7. The number of amides is 5. The van der Waals surface area contributed by atoms with Crippen LogP contribution in [0.2, 0.25) is 0 Å². The fourth-order valence-electron chi connectivity index (χ4n) is 11.5. The predicted molar refractivity (Wildman–Crippen MR) is 224 cm³/mol. The van der Waals surface area contributed by atoms with E-state index >= 15 is 13.2 Å². The number of H-pyrrole nitrogens is 1. The van der Waals surface area contributed by atoms with Crippen LogP contribution in [0, 0.1) is 17.6 Å². The number of benzene rings is 3. The third-order valence-corrected chi connectivity index (χ3v) is 14.8. The van der Waals surface area contributed by atoms with Gasteiger partial charge in [0.2, 0.25) is 17.7 Å². The number of imide groups is 2. The summed E-state index contributed by atoms with van der Waals surface area (Å²) in [4.78, 5) is 73.9. The van der Waals surface area contributed by atoms with E-state index in [0.29, 0.717) is 56.5 Å². The Kier molecular flexibility index (Phi) is 10.7. The summed E-state index contributed by atoms with van der Waals surface area (Å²) in [5.41, 5.74) is 2.83. The minimum absolute atomic E-state index is 0.0299. The Morgan fingerprint density at radius 2 is 1.52 bits per heavy atom. The number of nitrogens with one attached hydrogen (secondary N) is 2. The summed E-state index contributed by atoms with van der Waals surface area (Å²) in [5, 5.41) is 3.11. The van der Waals surface area contributed by atoms with E-state index in [2.05, 4.69) is 10.3 Å². The van der Waals surface area contributed by atoms with Crippen LogP contribution in [0.3, 0.4) is 0 Å². The van der Waals surface area contributed by atoms with Crippen molar-refractivity contribution >= 4 is 40.4 Å². The zero-order chi connectivity index (χ0) is 44.8. The van der Waals surface area contributed by atoms with Gasteiger partial charge < -0.3 is 9.88 Å². The van der Waals surface area contributed by atoms with Gasteiger partial charge in [0.05, 0.1) is 23.7 Å². The van der Waals surface area contributed by atoms with Gasteiger partial charge in [-0.2, -0.15) is 0 Å². The highest BCUT2D eigenvalue weighted by molar-refractivity contribution is 6.23. The molecule has 336 valence electrons. The number of carbonyl (C=O) groups is 5. The van der Waals surface area contributed by atoms with Crippen LogP contribution in [0.25, 0.3) is 10.9 Å². The molecule has 1 unspecified atom stereocenters. The molecule has 6 heterocycles. The monoisotopic (exact) mass is 884 g/mol. The number of aromatic amines is 1. The van der Waals surface area contributed by atoms with Gasteiger partial charge in [-0.3, -0.25) is 44.0 Å². The maximum atomic E-state index is 16.4. The molecule has 10 rings (SSSR count). The standard InChI is InChI=1S/C48H49F5N6O5/c1-25-16-32-31-4-2-3-5-37(31)54-42(32)43(58(25)23-39(51)52)41-35(49)19-28(20-36(41)50)26-6-8-27(9-7-26)45(62)57-14-12-48(53,13-15-57)24-56-21-29-17-33-34(18-30(29)22-56)47(64)59(46(33)63)38-10-11-40(60)55-44(38)61/h2-5,17-20,25-27,38-39,43,54H,6-16,21-24H2,1H3,(H,55,60,61)/t25-,26?,27?,38?,43-/m1/s1. The lowest BCUT2D eigenvalue weighted by atomic mass is 9.77. The predicted octanol–water partition coefficient (Wildman–Crippen LogP) is 7.07. The Morgan fingerprint density at radius 3 is 2.14 bits per heavy atom. The zero-order valence-corrected chi connectivity index (χ0v) is 35.4. The molecule has 1 aromatic heterocycles. The summed E-state index contributed by atoms with van der Waals surface area (Å²) in [6.45, 7) is 2.53. The first kappa shape index (κ1) is 42.5. The van der Waals surface area contributed by atoms with E-state index in [1.807, 2.05) is 29.2 Å². The first-order valence-electron chi connectivity index (χ1n) is 22.4. The summed E-state index contributed by atoms with van der Waals surface area (Å²) in [5.74, 6) is -4.40. The molecule has 1 aliphatic carbocycles. The molecule has 0 bridgehead atoms. The van der Waals surface area contributed by atoms with Gasteiger partial charge >= 0.3 is 0 Å². The van der Waals surface area contributed by atoms with Gasteiger partial charge in [0, 0.05) is 86.1 Å². The number of aromatic nitrogens is 1. The van der Waals surface area contributed by atoms with Crippen LogP contribution in [0.15, 0.2) is 48.5 Å². The number of fused-ring (bicyclic) bond motifs is 5. The summed E-state index contributed by atoms with van der Waals surface area (Å²) >= 11 is 0. The van der Waals surface area contributed by atoms with Gasteiger partial charge in [0.25, 0.3) is 18.2 Å². The average molecular weight is 885 g/mol. The number of piperidine rings is 2. The molecule has 2 saturated heterocycles. The normalized spacial score (nSPS) is 26.1. The average Bonchev–Trinajstić information content (AvgIpc) is 3.90. The fraction of sp³-hybridized carbons (Fsp3) is 0.479. The Morgan fingerprint density at radius 1 is 0.875 bits per heavy atom. The molecule has 3 aromatic carbocycles. The van der Waals surface area contributed by atoms with E-state index in [1.54, 1.807) is 24.0 Å². The van der Waals surface area contributed by atoms with Crippen LogP contribution >= 0.6 is 0 Å². The molecular formula is C48H49F5N6O5. The fourth-order valence-corrected chi connectivity index (χ4v) is 11.5. The molecule has 4 aromatic rings. The Hall–Kier alpha value is -5.48. The molecule has 3 fully saturated rings. The van der Waals surface area contributed by atoms with E-state index in [4.69, 9.17) is 0 Å². The van der Waals surface area contributed by atoms with Crippen LogP contribution in [0.4, 0.5) is 22.0 Å². The van der Waals surface area contributed by atoms with Crippen molar-refractivity contribution in [2.24, 2.45) is 5.92 Å². The summed E-state index contributed by atoms with van der Waals surface area (Å²) in [6, 6.07) is 11.0. The van der Waals surface area contributed by atoms with Crippen LogP contribution in [-0.2, 0) is 33.9 Å². The summed E-state index contributed by atoms with van der Waals surface area (Å²) in [7, 11) is 0. The molecule has 5 aliphatic heterocycles. The largest absolute Gasteiger partial charge is 0.357 e. The highest BCUT2D eigenvalue weighted by atomic mass is 19.3. The molecule has 2 N–H and O–H groups in total. The number of hydrogen-bond donors (Lipinski definition) is 2. The molecule has 0 spiro atoms. The smallest absolute Gasteiger partial charge is 0.262 e. The molecule has 3 atom stereocenters. The van der Waals surface area contributed by atoms with Gasteiger partial charge in [-0.05, 0) is 104 Å². The third kappa shape index (κ3) is 7.39. The number of carbonyl (C=O) groups excluding carboxylic acids is 5. The molecule has 11 nitrogen and oxygen atoms in total. The van der Waals surface area contributed by atoms with Crippen molar-refractivity contribution < 1.29 is 45.9 Å². The second-order valence-corrected chi connectivity index (χ2v) is 18.8. The van der Waals surface area contributed by atoms with Crippen LogP contribution in [0.1, 0.15) is 124 Å². The number of para-hydroxylation sites is 1. The van der Waals surface area contributed by atoms with E-state index < -0.39 is 72.0 Å². The SMILES string of the molecule is C[C@@H]1Cc2c([nH]c3ccccc23)[C@@H](c2c(F)cc(C3CCC(C(=O)N4CCC(F)(CN5Cc6cc7c(cc6C5)C(=O)N(C5CCC(=O)NC5=O)C7=O)CC4)CC3)cc2F)N1CC(F)F. The number of likely N-dealkylation sites (tertiary alicyclic amines) is 1. The first-order valence-corrected chi connectivity index (χ1v) is 22.4. The lowest BCUT2D eigenvalue weighted by Crippen LogP contribution is -2.54. The zero-order valence-electron chi connectivity index (χ0n) is 35.4. The lowest BCUT2D eigenvalue weighted by Gasteiger charge is -2.41. The summed E-state index contributed by atoms with van der Waals surface area (Å²) in [6.07, 6.45) is 0.242. The van der Waals surface area contributed by atoms with Crippen molar-refractivity contribution in [2.45, 2.75) is 114 Å². The van der Waals surface area contributed by atoms with Crippen molar-refractivity contribution in [3.8, 4) is 0 Å². The van der Waals surface area contributed by atoms with Crippen molar-refractivity contribution in [1.82, 2.24) is 29.9 Å². The molecule has 16 heteroatoms. The van der Waals surface area contributed by atoms with E-state index in [-0.39, 0.29) is 79.8 Å². The second-order valence-electron chi connectivity index (χ2n) is 18.8. The quantitative estimate of drug-likeness (QED) is 0.143. The molecule has 0 radical (unpaired) electrons. The van der Waals surface area contributed by atoms with E-state index in [1.165, 1.54) is 17.0 Å². The van der Waals surface area contributed by atoms with Gasteiger partial charge in [-0.15, -0.1) is 0 Å². The van der Waals surface area contributed by atoms with Crippen LogP contribution in [-0.4, -0.2) is 104 Å². The highest BCUT2D eigenvalue weighted by Gasteiger charge is 2.47. The number of halogens is 5. The Balaban J connectivity index is 0.747. The van der Waals surface area contributed by atoms with Gasteiger partial charge in [0.1, 0.15) is 23.3 Å². The molecular weight excluding hydrogens is 836 g/mol. The number of rotatable bonds is 8. The molecule has 1 saturated carbocycles. The van der Waals surface area contributed by atoms with E-state index in [0.717, 1.165) is 32.5 Å². The Labute approximate surface area is 366 Å². The second kappa shape index (κ2) is 16.2. The van der Waals surface area contributed by atoms with Crippen LogP contribution < -0.4 is 5.32 Å². The third-order valence-electron chi connectivity index (χ3n) is 14.8. The van der Waals surface area contributed by atoms with Crippen molar-refractivity contribution in [1.29, 1.82) is 0 Å². The minimum atomic E-state index is -2.70. The summed E-state index contributed by atoms with van der Waals surface area (Å²) < 4.78 is 76.9.